The lowest BCUT2D eigenvalue weighted by Gasteiger charge is -2.30. The van der Waals surface area contributed by atoms with Crippen molar-refractivity contribution in [3.63, 3.8) is 0 Å². The minimum absolute atomic E-state index is 0.0301. The summed E-state index contributed by atoms with van der Waals surface area (Å²) < 4.78 is 48.0. The summed E-state index contributed by atoms with van der Waals surface area (Å²) in [6.45, 7) is 8.96. The van der Waals surface area contributed by atoms with E-state index in [0.717, 1.165) is 5.01 Å². The van der Waals surface area contributed by atoms with Crippen molar-refractivity contribution in [2.45, 2.75) is 52.4 Å². The van der Waals surface area contributed by atoms with Gasteiger partial charge in [0, 0.05) is 6.54 Å². The number of nitrogens with zero attached hydrogens (tertiary/aromatic N) is 1. The van der Waals surface area contributed by atoms with Crippen LogP contribution in [0.5, 0.6) is 5.75 Å². The molecule has 2 aromatic rings. The standard InChI is InChI=1S/C21H25F3N2O2/c1-19(2,3)28-14-9-10-15-13(11-14)7-6-8-16(15)17(21(22,23)24)26-12-20(4,5)18(27)25-26/h6-11,17H,12H2,1-5H3,(H,25,27)/t17-/m0/s1. The van der Waals surface area contributed by atoms with Gasteiger partial charge < -0.3 is 4.74 Å². The second kappa shape index (κ2) is 6.65. The summed E-state index contributed by atoms with van der Waals surface area (Å²) in [6.07, 6.45) is -4.55. The van der Waals surface area contributed by atoms with E-state index in [2.05, 4.69) is 5.43 Å². The van der Waals surface area contributed by atoms with Crippen molar-refractivity contribution in [1.82, 2.24) is 10.4 Å². The Balaban J connectivity index is 2.07. The van der Waals surface area contributed by atoms with E-state index in [4.69, 9.17) is 4.74 Å². The number of hydrogen-bond acceptors (Lipinski definition) is 3. The molecule has 152 valence electrons. The molecule has 0 spiro atoms. The normalized spacial score (nSPS) is 18.9. The number of benzene rings is 2. The molecule has 0 radical (unpaired) electrons. The molecule has 0 unspecified atom stereocenters. The number of carbonyl (C=O) groups excluding carboxylic acids is 1. The lowest BCUT2D eigenvalue weighted by molar-refractivity contribution is -0.191. The molecule has 1 amide bonds. The molecule has 3 rings (SSSR count). The highest BCUT2D eigenvalue weighted by Crippen LogP contribution is 2.43. The van der Waals surface area contributed by atoms with E-state index in [-0.39, 0.29) is 12.1 Å². The van der Waals surface area contributed by atoms with Crippen LogP contribution in [0.1, 0.15) is 46.2 Å². The maximum absolute atomic E-state index is 14.0. The fraction of sp³-hybridized carbons (Fsp3) is 0.476. The summed E-state index contributed by atoms with van der Waals surface area (Å²) in [5.41, 5.74) is 1.21. The number of nitrogens with one attached hydrogen (secondary N) is 1. The molecule has 4 nitrogen and oxygen atoms in total. The molecule has 1 fully saturated rings. The van der Waals surface area contributed by atoms with Crippen LogP contribution in [0.15, 0.2) is 36.4 Å². The molecule has 0 aromatic heterocycles. The average molecular weight is 394 g/mol. The number of hydrogen-bond donors (Lipinski definition) is 1. The number of hydrazine groups is 1. The van der Waals surface area contributed by atoms with E-state index >= 15 is 0 Å². The average Bonchev–Trinajstić information content (AvgIpc) is 2.77. The Hall–Kier alpha value is -2.28. The number of fused-ring (bicyclic) bond motifs is 1. The number of carbonyl (C=O) groups is 1. The summed E-state index contributed by atoms with van der Waals surface area (Å²) >= 11 is 0. The monoisotopic (exact) mass is 394 g/mol. The van der Waals surface area contributed by atoms with Crippen LogP contribution >= 0.6 is 0 Å². The molecule has 1 aliphatic rings. The Morgan fingerprint density at radius 2 is 1.82 bits per heavy atom. The molecular formula is C21H25F3N2O2. The fourth-order valence-corrected chi connectivity index (χ4v) is 3.44. The van der Waals surface area contributed by atoms with E-state index in [1.165, 1.54) is 6.07 Å². The van der Waals surface area contributed by atoms with Gasteiger partial charge in [-0.05, 0) is 63.1 Å². The van der Waals surface area contributed by atoms with Gasteiger partial charge in [-0.15, -0.1) is 0 Å². The van der Waals surface area contributed by atoms with Crippen LogP contribution in [0.4, 0.5) is 13.2 Å². The van der Waals surface area contributed by atoms with Gasteiger partial charge in [-0.25, -0.2) is 5.01 Å². The third kappa shape index (κ3) is 4.09. The Kier molecular flexibility index (Phi) is 4.86. The maximum atomic E-state index is 14.0. The van der Waals surface area contributed by atoms with Gasteiger partial charge >= 0.3 is 6.18 Å². The van der Waals surface area contributed by atoms with Crippen molar-refractivity contribution in [1.29, 1.82) is 0 Å². The van der Waals surface area contributed by atoms with Crippen LogP contribution in [0.25, 0.3) is 10.8 Å². The van der Waals surface area contributed by atoms with Gasteiger partial charge in [-0.1, -0.05) is 24.3 Å². The molecule has 1 atom stereocenters. The van der Waals surface area contributed by atoms with Crippen LogP contribution in [0, 0.1) is 5.41 Å². The third-order valence-corrected chi connectivity index (χ3v) is 4.65. The Morgan fingerprint density at radius 1 is 1.14 bits per heavy atom. The van der Waals surface area contributed by atoms with Crippen LogP contribution in [-0.4, -0.2) is 29.2 Å². The van der Waals surface area contributed by atoms with Crippen molar-refractivity contribution in [3.05, 3.63) is 42.0 Å². The second-order valence-electron chi connectivity index (χ2n) is 8.84. The first-order chi connectivity index (χ1) is 12.8. The molecule has 2 aromatic carbocycles. The summed E-state index contributed by atoms with van der Waals surface area (Å²) in [6, 6.07) is 7.95. The fourth-order valence-electron chi connectivity index (χ4n) is 3.44. The number of halogens is 3. The molecule has 28 heavy (non-hydrogen) atoms. The molecule has 0 bridgehead atoms. The summed E-state index contributed by atoms with van der Waals surface area (Å²) in [4.78, 5) is 12.1. The third-order valence-electron chi connectivity index (χ3n) is 4.65. The molecule has 1 aliphatic heterocycles. The van der Waals surface area contributed by atoms with E-state index in [1.54, 1.807) is 44.2 Å². The summed E-state index contributed by atoms with van der Waals surface area (Å²) in [5.74, 6) is 0.180. The lowest BCUT2D eigenvalue weighted by Crippen LogP contribution is -2.43. The topological polar surface area (TPSA) is 41.6 Å². The largest absolute Gasteiger partial charge is 0.488 e. The van der Waals surface area contributed by atoms with Gasteiger partial charge in [0.25, 0.3) is 0 Å². The lowest BCUT2D eigenvalue weighted by atomic mass is 9.93. The van der Waals surface area contributed by atoms with Crippen molar-refractivity contribution < 1.29 is 22.7 Å². The molecule has 0 aliphatic carbocycles. The minimum atomic E-state index is -4.55. The number of ether oxygens (including phenoxy) is 1. The molecule has 1 heterocycles. The zero-order valence-corrected chi connectivity index (χ0v) is 16.6. The molecule has 1 N–H and O–H groups in total. The minimum Gasteiger partial charge on any atom is -0.488 e. The number of rotatable bonds is 3. The molecule has 7 heteroatoms. The highest BCUT2D eigenvalue weighted by atomic mass is 19.4. The van der Waals surface area contributed by atoms with Crippen molar-refractivity contribution >= 4 is 16.7 Å². The van der Waals surface area contributed by atoms with E-state index < -0.39 is 29.1 Å². The molecule has 1 saturated heterocycles. The van der Waals surface area contributed by atoms with Gasteiger partial charge in [0.05, 0.1) is 5.41 Å². The van der Waals surface area contributed by atoms with Gasteiger partial charge in [-0.3, -0.25) is 10.2 Å². The van der Waals surface area contributed by atoms with Crippen LogP contribution < -0.4 is 10.2 Å². The predicted molar refractivity (Wildman–Crippen MR) is 102 cm³/mol. The van der Waals surface area contributed by atoms with Crippen LogP contribution in [-0.2, 0) is 4.79 Å². The quantitative estimate of drug-likeness (QED) is 0.797. The first-order valence-corrected chi connectivity index (χ1v) is 9.14. The van der Waals surface area contributed by atoms with Crippen molar-refractivity contribution in [2.75, 3.05) is 6.54 Å². The van der Waals surface area contributed by atoms with E-state index in [9.17, 15) is 18.0 Å². The Bertz CT molecular complexity index is 901. The first kappa shape index (κ1) is 20.5. The van der Waals surface area contributed by atoms with E-state index in [1.807, 2.05) is 20.8 Å². The zero-order chi connectivity index (χ0) is 20.9. The zero-order valence-electron chi connectivity index (χ0n) is 16.6. The number of alkyl halides is 3. The van der Waals surface area contributed by atoms with E-state index in [0.29, 0.717) is 16.5 Å². The highest BCUT2D eigenvalue weighted by Gasteiger charge is 2.51. The number of amides is 1. The van der Waals surface area contributed by atoms with Crippen molar-refractivity contribution in [3.8, 4) is 5.75 Å². The highest BCUT2D eigenvalue weighted by molar-refractivity contribution is 5.88. The molecular weight excluding hydrogens is 369 g/mol. The summed E-state index contributed by atoms with van der Waals surface area (Å²) in [5, 5.41) is 2.12. The van der Waals surface area contributed by atoms with Crippen LogP contribution in [0.3, 0.4) is 0 Å². The van der Waals surface area contributed by atoms with Gasteiger partial charge in [-0.2, -0.15) is 13.2 Å². The molecule has 0 saturated carbocycles. The Morgan fingerprint density at radius 3 is 2.36 bits per heavy atom. The predicted octanol–water partition coefficient (Wildman–Crippen LogP) is 4.99. The SMILES string of the molecule is CC(C)(C)Oc1ccc2c([C@H](N3CC(C)(C)C(=O)N3)C(F)(F)F)cccc2c1. The second-order valence-corrected chi connectivity index (χ2v) is 8.84. The van der Waals surface area contributed by atoms with Gasteiger partial charge in [0.2, 0.25) is 5.91 Å². The van der Waals surface area contributed by atoms with Crippen LogP contribution in [0.2, 0.25) is 0 Å². The Labute approximate surface area is 162 Å². The first-order valence-electron chi connectivity index (χ1n) is 9.14. The summed E-state index contributed by atoms with van der Waals surface area (Å²) in [7, 11) is 0. The smallest absolute Gasteiger partial charge is 0.409 e. The maximum Gasteiger partial charge on any atom is 0.409 e. The van der Waals surface area contributed by atoms with Gasteiger partial charge in [0.1, 0.15) is 11.4 Å². The van der Waals surface area contributed by atoms with Gasteiger partial charge in [0.15, 0.2) is 6.04 Å². The van der Waals surface area contributed by atoms with Crippen molar-refractivity contribution in [2.24, 2.45) is 5.41 Å².